The van der Waals surface area contributed by atoms with Crippen LogP contribution in [0.2, 0.25) is 0 Å². The van der Waals surface area contributed by atoms with Crippen molar-refractivity contribution in [1.29, 1.82) is 0 Å². The summed E-state index contributed by atoms with van der Waals surface area (Å²) in [5.41, 5.74) is 2.80. The minimum Gasteiger partial charge on any atom is -0.459 e. The second kappa shape index (κ2) is 12.9. The van der Waals surface area contributed by atoms with E-state index < -0.39 is 18.0 Å². The number of hydrogen-bond acceptors (Lipinski definition) is 5. The molecule has 2 aliphatic heterocycles. The predicted molar refractivity (Wildman–Crippen MR) is 147 cm³/mol. The first-order valence-electron chi connectivity index (χ1n) is 13.7. The lowest BCUT2D eigenvalue weighted by Gasteiger charge is -2.36. The maximum Gasteiger partial charge on any atom is 0.416 e. The smallest absolute Gasteiger partial charge is 0.416 e. The molecule has 2 aliphatic rings. The monoisotopic (exact) mass is 566 g/mol. The molecular formula is C32H33F3N2O4. The van der Waals surface area contributed by atoms with Crippen LogP contribution in [0.4, 0.5) is 13.2 Å². The quantitative estimate of drug-likeness (QED) is 0.392. The van der Waals surface area contributed by atoms with Crippen LogP contribution in [0.25, 0.3) is 0 Å². The van der Waals surface area contributed by atoms with Crippen molar-refractivity contribution in [3.63, 3.8) is 0 Å². The molecular weight excluding hydrogens is 533 g/mol. The zero-order chi connectivity index (χ0) is 28.8. The van der Waals surface area contributed by atoms with Gasteiger partial charge in [-0.2, -0.15) is 13.2 Å². The summed E-state index contributed by atoms with van der Waals surface area (Å²) < 4.78 is 51.5. The lowest BCUT2D eigenvalue weighted by atomic mass is 9.92. The fourth-order valence-electron chi connectivity index (χ4n) is 5.10. The largest absolute Gasteiger partial charge is 0.459 e. The average molecular weight is 567 g/mol. The summed E-state index contributed by atoms with van der Waals surface area (Å²) in [5, 5.41) is 9.27. The van der Waals surface area contributed by atoms with Crippen molar-refractivity contribution >= 4 is 5.91 Å². The van der Waals surface area contributed by atoms with Gasteiger partial charge in [-0.05, 0) is 40.5 Å². The number of carbonyl (C=O) groups is 1. The molecule has 3 aromatic rings. The highest BCUT2D eigenvalue weighted by molar-refractivity contribution is 5.92. The summed E-state index contributed by atoms with van der Waals surface area (Å²) in [5.74, 6) is -0.453. The standard InChI is InChI=1S/C32H33F3N2O4/c33-32(34,35)28-12-10-26(11-13-28)27-18-29(41-30(19-27)40-22-25-8-6-24(21-38)7-9-25)31(39)37-16-14-36(15-17-37)20-23-4-2-1-3-5-23/h1-13,18,27,30,38H,14-17,19-22H2/t27-,30+/m1/s1. The SMILES string of the molecule is O=C(C1=C[C@@H](c2ccc(C(F)(F)F)cc2)C[C@@H](OCc2ccc(CO)cc2)O1)N1CCN(Cc2ccccc2)CC1. The Balaban J connectivity index is 1.28. The number of aliphatic hydroxyl groups excluding tert-OH is 1. The lowest BCUT2D eigenvalue weighted by molar-refractivity contribution is -0.157. The fourth-order valence-corrected chi connectivity index (χ4v) is 5.10. The minimum absolute atomic E-state index is 0.0571. The van der Waals surface area contributed by atoms with Crippen molar-refractivity contribution in [3.05, 3.63) is 119 Å². The summed E-state index contributed by atoms with van der Waals surface area (Å²) in [6.45, 7) is 3.50. The Kier molecular flexibility index (Phi) is 9.07. The molecule has 1 N–H and O–H groups in total. The first-order valence-corrected chi connectivity index (χ1v) is 13.7. The summed E-state index contributed by atoms with van der Waals surface area (Å²) in [6, 6.07) is 22.5. The molecule has 2 atom stereocenters. The number of hydrogen-bond donors (Lipinski definition) is 1. The van der Waals surface area contributed by atoms with Crippen LogP contribution in [0.1, 0.15) is 40.2 Å². The van der Waals surface area contributed by atoms with Gasteiger partial charge < -0.3 is 19.5 Å². The van der Waals surface area contributed by atoms with Gasteiger partial charge in [0.1, 0.15) is 0 Å². The molecule has 0 saturated carbocycles. The maximum absolute atomic E-state index is 13.6. The van der Waals surface area contributed by atoms with Gasteiger partial charge in [0.25, 0.3) is 5.91 Å². The van der Waals surface area contributed by atoms with Gasteiger partial charge in [-0.15, -0.1) is 0 Å². The van der Waals surface area contributed by atoms with E-state index in [0.29, 0.717) is 25.1 Å². The van der Waals surface area contributed by atoms with Crippen molar-refractivity contribution in [2.24, 2.45) is 0 Å². The molecule has 2 heterocycles. The molecule has 0 radical (unpaired) electrons. The third kappa shape index (κ3) is 7.55. The number of piperazine rings is 1. The number of ether oxygens (including phenoxy) is 2. The van der Waals surface area contributed by atoms with Gasteiger partial charge in [-0.1, -0.05) is 66.7 Å². The number of alkyl halides is 3. The van der Waals surface area contributed by atoms with Crippen LogP contribution in [0, 0.1) is 0 Å². The van der Waals surface area contributed by atoms with Crippen LogP contribution < -0.4 is 0 Å². The number of halogens is 3. The summed E-state index contributed by atoms with van der Waals surface area (Å²) in [7, 11) is 0. The molecule has 0 aliphatic carbocycles. The molecule has 0 bridgehead atoms. The van der Waals surface area contributed by atoms with Crippen molar-refractivity contribution < 1.29 is 32.5 Å². The van der Waals surface area contributed by atoms with Gasteiger partial charge in [0, 0.05) is 45.1 Å². The lowest BCUT2D eigenvalue weighted by Crippen LogP contribution is -2.49. The highest BCUT2D eigenvalue weighted by Crippen LogP contribution is 2.35. The van der Waals surface area contributed by atoms with E-state index in [2.05, 4.69) is 17.0 Å². The molecule has 9 heteroatoms. The Morgan fingerprint density at radius 2 is 1.54 bits per heavy atom. The second-order valence-corrected chi connectivity index (χ2v) is 10.4. The highest BCUT2D eigenvalue weighted by atomic mass is 19.4. The molecule has 0 spiro atoms. The molecule has 1 fully saturated rings. The molecule has 0 unspecified atom stereocenters. The third-order valence-corrected chi connectivity index (χ3v) is 7.48. The molecule has 6 nitrogen and oxygen atoms in total. The number of nitrogens with zero attached hydrogens (tertiary/aromatic N) is 2. The van der Waals surface area contributed by atoms with Crippen molar-refractivity contribution in [3.8, 4) is 0 Å². The van der Waals surface area contributed by atoms with E-state index in [-0.39, 0.29) is 30.8 Å². The molecule has 41 heavy (non-hydrogen) atoms. The Morgan fingerprint density at radius 1 is 0.878 bits per heavy atom. The number of allylic oxidation sites excluding steroid dienone is 1. The van der Waals surface area contributed by atoms with Gasteiger partial charge in [-0.3, -0.25) is 9.69 Å². The van der Waals surface area contributed by atoms with E-state index in [1.807, 2.05) is 30.3 Å². The van der Waals surface area contributed by atoms with Crippen LogP contribution in [0.15, 0.2) is 90.7 Å². The third-order valence-electron chi connectivity index (χ3n) is 7.48. The van der Waals surface area contributed by atoms with Gasteiger partial charge in [0.15, 0.2) is 5.76 Å². The van der Waals surface area contributed by atoms with E-state index >= 15 is 0 Å². The van der Waals surface area contributed by atoms with Crippen LogP contribution in [0.5, 0.6) is 0 Å². The van der Waals surface area contributed by atoms with Crippen LogP contribution in [-0.4, -0.2) is 53.3 Å². The van der Waals surface area contributed by atoms with E-state index in [1.54, 1.807) is 23.1 Å². The zero-order valence-corrected chi connectivity index (χ0v) is 22.6. The van der Waals surface area contributed by atoms with Crippen LogP contribution in [-0.2, 0) is 40.2 Å². The van der Waals surface area contributed by atoms with Gasteiger partial charge in [0.2, 0.25) is 6.29 Å². The van der Waals surface area contributed by atoms with E-state index in [4.69, 9.17) is 9.47 Å². The predicted octanol–water partition coefficient (Wildman–Crippen LogP) is 5.47. The minimum atomic E-state index is -4.43. The van der Waals surface area contributed by atoms with Gasteiger partial charge >= 0.3 is 6.18 Å². The fraction of sp³-hybridized carbons (Fsp3) is 0.344. The van der Waals surface area contributed by atoms with Crippen LogP contribution >= 0.6 is 0 Å². The molecule has 1 saturated heterocycles. The topological polar surface area (TPSA) is 62.2 Å². The summed E-state index contributed by atoms with van der Waals surface area (Å²) in [6.07, 6.45) is -3.13. The van der Waals surface area contributed by atoms with Gasteiger partial charge in [0.05, 0.1) is 18.8 Å². The van der Waals surface area contributed by atoms with E-state index in [9.17, 15) is 23.1 Å². The average Bonchev–Trinajstić information content (AvgIpc) is 3.00. The van der Waals surface area contributed by atoms with Crippen LogP contribution in [0.3, 0.4) is 0 Å². The highest BCUT2D eigenvalue weighted by Gasteiger charge is 2.34. The number of aliphatic hydroxyl groups is 1. The molecule has 216 valence electrons. The summed E-state index contributed by atoms with van der Waals surface area (Å²) in [4.78, 5) is 17.6. The molecule has 1 amide bonds. The normalized spacial score (nSPS) is 19.9. The van der Waals surface area contributed by atoms with Crippen molar-refractivity contribution in [1.82, 2.24) is 9.80 Å². The number of benzene rings is 3. The summed E-state index contributed by atoms with van der Waals surface area (Å²) >= 11 is 0. The Morgan fingerprint density at radius 3 is 2.17 bits per heavy atom. The molecule has 0 aromatic heterocycles. The maximum atomic E-state index is 13.6. The Bertz CT molecular complexity index is 1320. The van der Waals surface area contributed by atoms with Crippen molar-refractivity contribution in [2.45, 2.75) is 44.6 Å². The number of rotatable bonds is 8. The number of amides is 1. The zero-order valence-electron chi connectivity index (χ0n) is 22.6. The second-order valence-electron chi connectivity index (χ2n) is 10.4. The van der Waals surface area contributed by atoms with Gasteiger partial charge in [-0.25, -0.2) is 0 Å². The van der Waals surface area contributed by atoms with E-state index in [1.165, 1.54) is 17.7 Å². The van der Waals surface area contributed by atoms with E-state index in [0.717, 1.165) is 42.9 Å². The Labute approximate surface area is 237 Å². The first kappa shape index (κ1) is 28.9. The Hall–Kier alpha value is -3.66. The molecule has 5 rings (SSSR count). The first-order chi connectivity index (χ1) is 19.8. The van der Waals surface area contributed by atoms with Crippen molar-refractivity contribution in [2.75, 3.05) is 26.2 Å². The molecule has 3 aromatic carbocycles. The number of carbonyl (C=O) groups excluding carboxylic acids is 1.